The van der Waals surface area contributed by atoms with Crippen molar-refractivity contribution in [2.45, 2.75) is 12.6 Å². The van der Waals surface area contributed by atoms with Crippen LogP contribution in [0.1, 0.15) is 21.7 Å². The molecule has 2 aromatic carbocycles. The highest BCUT2D eigenvalue weighted by Crippen LogP contribution is 2.29. The number of aromatic nitrogens is 5. The molecule has 1 amide bonds. The second kappa shape index (κ2) is 12.1. The molecule has 2 heterocycles. The Morgan fingerprint density at radius 1 is 1.16 bits per heavy atom. The molecule has 14 heteroatoms. The number of nitrogens with one attached hydrogen (secondary N) is 3. The maximum Gasteiger partial charge on any atom is 0.451 e. The summed E-state index contributed by atoms with van der Waals surface area (Å²) in [5, 5.41) is 19.3. The number of rotatable bonds is 6. The predicted octanol–water partition coefficient (Wildman–Crippen LogP) is 3.84. The number of amides is 1. The highest BCUT2D eigenvalue weighted by atomic mass is 35.5. The average Bonchev–Trinajstić information content (AvgIpc) is 3.36. The maximum atomic E-state index is 12.6. The number of nitrogens with two attached hydrogens (primary N) is 1. The van der Waals surface area contributed by atoms with Gasteiger partial charge in [0.25, 0.3) is 5.91 Å². The number of anilines is 3. The normalized spacial score (nSPS) is 10.9. The molecule has 0 spiro atoms. The first-order valence-electron chi connectivity index (χ1n) is 10.7. The van der Waals surface area contributed by atoms with Gasteiger partial charge in [0.2, 0.25) is 11.8 Å². The molecule has 0 radical (unpaired) electrons. The van der Waals surface area contributed by atoms with Gasteiger partial charge in [-0.25, -0.2) is 9.97 Å². The molecule has 6 N–H and O–H groups in total. The third kappa shape index (κ3) is 7.38. The van der Waals surface area contributed by atoms with Crippen molar-refractivity contribution >= 4 is 35.0 Å². The molecule has 37 heavy (non-hydrogen) atoms. The van der Waals surface area contributed by atoms with Crippen molar-refractivity contribution in [3.8, 4) is 11.4 Å². The average molecular weight is 535 g/mol. The predicted molar refractivity (Wildman–Crippen MR) is 132 cm³/mol. The lowest BCUT2D eigenvalue weighted by molar-refractivity contribution is -0.144. The van der Waals surface area contributed by atoms with Gasteiger partial charge < -0.3 is 21.5 Å². The van der Waals surface area contributed by atoms with E-state index in [2.05, 4.69) is 30.7 Å². The van der Waals surface area contributed by atoms with Crippen molar-refractivity contribution in [2.24, 2.45) is 0 Å². The number of carbonyl (C=O) groups excluding carboxylic acids is 1. The first-order chi connectivity index (χ1) is 17.6. The summed E-state index contributed by atoms with van der Waals surface area (Å²) < 4.78 is 37.8. The van der Waals surface area contributed by atoms with Crippen LogP contribution < -0.4 is 16.4 Å². The van der Waals surface area contributed by atoms with Gasteiger partial charge in [-0.3, -0.25) is 9.89 Å². The first kappa shape index (κ1) is 27.4. The molecule has 0 saturated carbocycles. The van der Waals surface area contributed by atoms with Crippen LogP contribution in [0, 0.1) is 0 Å². The number of benzene rings is 2. The summed E-state index contributed by atoms with van der Waals surface area (Å²) in [6.07, 6.45) is -2.71. The molecule has 0 aliphatic heterocycles. The Morgan fingerprint density at radius 2 is 1.89 bits per heavy atom. The van der Waals surface area contributed by atoms with Gasteiger partial charge in [0.05, 0.1) is 16.1 Å². The number of H-pyrrole nitrogens is 1. The standard InChI is InChI=1S/C15H12ClF3N8O.C8H10O/c1-21-12(28)7-3-2-6(4-9(7)16)23-14-22-5-8(10(20)24-14)11-25-13(27-26-11)15(17,18)19;9-7-6-8-4-2-1-3-5-8/h2-5H,1H3,(H,21,28)(H,25,26,27)(H3,20,22,23,24);1-5,9H,6-7H2. The minimum atomic E-state index is -4.66. The lowest BCUT2D eigenvalue weighted by Gasteiger charge is -2.09. The lowest BCUT2D eigenvalue weighted by atomic mass is 10.2. The van der Waals surface area contributed by atoms with Gasteiger partial charge in [-0.15, -0.1) is 0 Å². The van der Waals surface area contributed by atoms with E-state index in [0.29, 0.717) is 5.69 Å². The molecule has 0 fully saturated rings. The number of nitrogen functional groups attached to an aromatic ring is 1. The Kier molecular flexibility index (Phi) is 8.98. The van der Waals surface area contributed by atoms with E-state index in [4.69, 9.17) is 22.4 Å². The van der Waals surface area contributed by atoms with Gasteiger partial charge in [0, 0.05) is 25.5 Å². The molecule has 0 saturated heterocycles. The number of halogens is 4. The molecular formula is C23H22ClF3N8O2. The smallest absolute Gasteiger partial charge is 0.396 e. The summed E-state index contributed by atoms with van der Waals surface area (Å²) in [6, 6.07) is 14.5. The fourth-order valence-corrected chi connectivity index (χ4v) is 3.22. The highest BCUT2D eigenvalue weighted by molar-refractivity contribution is 6.34. The van der Waals surface area contributed by atoms with E-state index >= 15 is 0 Å². The number of aliphatic hydroxyl groups excluding tert-OH is 1. The number of alkyl halides is 3. The van der Waals surface area contributed by atoms with Crippen LogP contribution in [0.4, 0.5) is 30.6 Å². The second-order valence-corrected chi connectivity index (χ2v) is 7.76. The number of carbonyl (C=O) groups is 1. The van der Waals surface area contributed by atoms with Gasteiger partial charge in [0.1, 0.15) is 5.82 Å². The molecule has 0 bridgehead atoms. The number of nitrogens with zero attached hydrogens (tertiary/aromatic N) is 4. The largest absolute Gasteiger partial charge is 0.451 e. The van der Waals surface area contributed by atoms with Crippen molar-refractivity contribution in [2.75, 3.05) is 24.7 Å². The van der Waals surface area contributed by atoms with E-state index < -0.39 is 12.0 Å². The van der Waals surface area contributed by atoms with Crippen LogP contribution in [0.5, 0.6) is 0 Å². The minimum Gasteiger partial charge on any atom is -0.396 e. The van der Waals surface area contributed by atoms with Crippen molar-refractivity contribution in [3.63, 3.8) is 0 Å². The van der Waals surface area contributed by atoms with Crippen molar-refractivity contribution < 1.29 is 23.1 Å². The Hall–Kier alpha value is -4.23. The van der Waals surface area contributed by atoms with Crippen LogP contribution in [0.15, 0.2) is 54.7 Å². The lowest BCUT2D eigenvalue weighted by Crippen LogP contribution is -2.18. The van der Waals surface area contributed by atoms with Gasteiger partial charge in [-0.05, 0) is 30.2 Å². The molecule has 4 rings (SSSR count). The Bertz CT molecular complexity index is 1350. The topological polar surface area (TPSA) is 155 Å². The van der Waals surface area contributed by atoms with E-state index in [-0.39, 0.29) is 46.3 Å². The molecule has 0 atom stereocenters. The number of aromatic amines is 1. The summed E-state index contributed by atoms with van der Waals surface area (Å²) in [5.41, 5.74) is 7.78. The molecule has 0 aliphatic rings. The Labute approximate surface area is 214 Å². The summed E-state index contributed by atoms with van der Waals surface area (Å²) in [6.45, 7) is 0.240. The molecule has 0 aliphatic carbocycles. The zero-order chi connectivity index (χ0) is 27.0. The summed E-state index contributed by atoms with van der Waals surface area (Å²) in [5.74, 6) is -1.94. The van der Waals surface area contributed by atoms with Crippen LogP contribution >= 0.6 is 11.6 Å². The Balaban J connectivity index is 0.000000356. The van der Waals surface area contributed by atoms with Crippen LogP contribution in [-0.2, 0) is 12.6 Å². The van der Waals surface area contributed by atoms with Gasteiger partial charge in [-0.1, -0.05) is 41.9 Å². The van der Waals surface area contributed by atoms with Crippen LogP contribution in [0.2, 0.25) is 5.02 Å². The van der Waals surface area contributed by atoms with E-state index in [1.165, 1.54) is 30.9 Å². The first-order valence-corrected chi connectivity index (χ1v) is 11.1. The van der Waals surface area contributed by atoms with Gasteiger partial charge >= 0.3 is 6.18 Å². The van der Waals surface area contributed by atoms with E-state index in [1.807, 2.05) is 30.3 Å². The van der Waals surface area contributed by atoms with Crippen molar-refractivity contribution in [1.29, 1.82) is 0 Å². The summed E-state index contributed by atoms with van der Waals surface area (Å²) in [4.78, 5) is 23.0. The summed E-state index contributed by atoms with van der Waals surface area (Å²) in [7, 11) is 1.48. The molecule has 2 aromatic heterocycles. The van der Waals surface area contributed by atoms with E-state index in [1.54, 1.807) is 11.2 Å². The molecule has 194 valence electrons. The second-order valence-electron chi connectivity index (χ2n) is 7.36. The molecule has 10 nitrogen and oxygen atoms in total. The molecular weight excluding hydrogens is 513 g/mol. The van der Waals surface area contributed by atoms with E-state index in [9.17, 15) is 18.0 Å². The van der Waals surface area contributed by atoms with Crippen LogP contribution in [-0.4, -0.2) is 49.8 Å². The zero-order valence-corrected chi connectivity index (χ0v) is 20.1. The van der Waals surface area contributed by atoms with Gasteiger partial charge in [-0.2, -0.15) is 23.3 Å². The quantitative estimate of drug-likeness (QED) is 0.250. The monoisotopic (exact) mass is 534 g/mol. The summed E-state index contributed by atoms with van der Waals surface area (Å²) >= 11 is 6.07. The number of hydrogen-bond acceptors (Lipinski definition) is 8. The third-order valence-corrected chi connectivity index (χ3v) is 5.07. The van der Waals surface area contributed by atoms with Gasteiger partial charge in [0.15, 0.2) is 5.82 Å². The van der Waals surface area contributed by atoms with E-state index in [0.717, 1.165) is 6.42 Å². The van der Waals surface area contributed by atoms with Crippen LogP contribution in [0.3, 0.4) is 0 Å². The van der Waals surface area contributed by atoms with Crippen molar-refractivity contribution in [3.05, 3.63) is 76.7 Å². The third-order valence-electron chi connectivity index (χ3n) is 4.75. The SMILES string of the molecule is CNC(=O)c1ccc(Nc2ncc(-c3n[nH]c(C(F)(F)F)n3)c(N)n2)cc1Cl.OCCc1ccccc1. The maximum absolute atomic E-state index is 12.6. The van der Waals surface area contributed by atoms with Crippen LogP contribution in [0.25, 0.3) is 11.4 Å². The number of aliphatic hydroxyl groups is 1. The number of hydrogen-bond donors (Lipinski definition) is 5. The highest BCUT2D eigenvalue weighted by Gasteiger charge is 2.35. The molecule has 4 aromatic rings. The fraction of sp³-hybridized carbons (Fsp3) is 0.174. The minimum absolute atomic E-state index is 0.0327. The zero-order valence-electron chi connectivity index (χ0n) is 19.3. The fourth-order valence-electron chi connectivity index (χ4n) is 2.95. The Morgan fingerprint density at radius 3 is 2.46 bits per heavy atom. The molecule has 0 unspecified atom stereocenters. The van der Waals surface area contributed by atoms with Crippen molar-refractivity contribution in [1.82, 2.24) is 30.5 Å².